The summed E-state index contributed by atoms with van der Waals surface area (Å²) >= 11 is 1.42. The number of nitrogen functional groups attached to an aromatic ring is 1. The molecule has 2 aromatic rings. The lowest BCUT2D eigenvalue weighted by molar-refractivity contribution is 0.422. The number of ether oxygens (including phenoxy) is 1. The molecule has 2 heterocycles. The van der Waals surface area contributed by atoms with Crippen molar-refractivity contribution in [2.75, 3.05) is 12.8 Å². The van der Waals surface area contributed by atoms with Gasteiger partial charge in [0.1, 0.15) is 15.3 Å². The lowest BCUT2D eigenvalue weighted by atomic mass is 10.5. The molecule has 58 valence electrons. The zero-order valence-corrected chi connectivity index (χ0v) is 6.73. The number of imidazole rings is 1. The summed E-state index contributed by atoms with van der Waals surface area (Å²) in [5.41, 5.74) is 6.53. The van der Waals surface area contributed by atoms with Gasteiger partial charge in [0.2, 0.25) is 0 Å². The molecule has 0 radical (unpaired) electrons. The van der Waals surface area contributed by atoms with E-state index in [0.29, 0.717) is 10.8 Å². The molecule has 0 amide bonds. The smallest absolute Gasteiger partial charge is 0.178 e. The van der Waals surface area contributed by atoms with Crippen LogP contribution in [0.25, 0.3) is 10.3 Å². The van der Waals surface area contributed by atoms with Gasteiger partial charge in [-0.25, -0.2) is 4.98 Å². The number of rotatable bonds is 1. The number of nitrogens with zero attached hydrogens (tertiary/aromatic N) is 1. The van der Waals surface area contributed by atoms with Crippen LogP contribution in [0.4, 0.5) is 5.00 Å². The Labute approximate surface area is 67.0 Å². The van der Waals surface area contributed by atoms with Gasteiger partial charge in [-0.1, -0.05) is 11.3 Å². The maximum atomic E-state index is 5.64. The van der Waals surface area contributed by atoms with Crippen molar-refractivity contribution in [3.63, 3.8) is 0 Å². The Balaban J connectivity index is 2.80. The second-order valence-electron chi connectivity index (χ2n) is 2.08. The number of aromatic nitrogens is 2. The van der Waals surface area contributed by atoms with Crippen molar-refractivity contribution >= 4 is 26.7 Å². The fourth-order valence-electron chi connectivity index (χ4n) is 0.998. The number of nitrogens with two attached hydrogens (primary N) is 1. The number of nitrogens with one attached hydrogen (secondary N) is 1. The van der Waals surface area contributed by atoms with Crippen LogP contribution in [0.3, 0.4) is 0 Å². The fraction of sp³-hybridized carbons (Fsp3) is 0.167. The minimum Gasteiger partial charge on any atom is -0.491 e. The van der Waals surface area contributed by atoms with Crippen LogP contribution >= 0.6 is 11.3 Å². The van der Waals surface area contributed by atoms with Gasteiger partial charge < -0.3 is 15.5 Å². The Morgan fingerprint density at radius 2 is 2.55 bits per heavy atom. The largest absolute Gasteiger partial charge is 0.491 e. The summed E-state index contributed by atoms with van der Waals surface area (Å²) in [6, 6.07) is 0. The Morgan fingerprint density at radius 1 is 1.73 bits per heavy atom. The summed E-state index contributed by atoms with van der Waals surface area (Å²) in [6.45, 7) is 0. The molecule has 0 aliphatic carbocycles. The highest BCUT2D eigenvalue weighted by Gasteiger charge is 2.10. The van der Waals surface area contributed by atoms with Crippen molar-refractivity contribution in [3.05, 3.63) is 6.33 Å². The second-order valence-corrected chi connectivity index (χ2v) is 3.11. The van der Waals surface area contributed by atoms with E-state index < -0.39 is 0 Å². The highest BCUT2D eigenvalue weighted by molar-refractivity contribution is 7.22. The van der Waals surface area contributed by atoms with Gasteiger partial charge in [0.05, 0.1) is 13.4 Å². The zero-order chi connectivity index (χ0) is 7.84. The maximum Gasteiger partial charge on any atom is 0.178 e. The second kappa shape index (κ2) is 2.13. The quantitative estimate of drug-likeness (QED) is 0.674. The SMILES string of the molecule is COc1c(N)sc2nc[nH]c12. The monoisotopic (exact) mass is 169 g/mol. The van der Waals surface area contributed by atoms with E-state index in [4.69, 9.17) is 10.5 Å². The van der Waals surface area contributed by atoms with Crippen molar-refractivity contribution < 1.29 is 4.74 Å². The third kappa shape index (κ3) is 0.775. The van der Waals surface area contributed by atoms with Gasteiger partial charge in [-0.2, -0.15) is 0 Å². The van der Waals surface area contributed by atoms with Gasteiger partial charge in [-0.15, -0.1) is 0 Å². The third-order valence-electron chi connectivity index (χ3n) is 1.47. The van der Waals surface area contributed by atoms with Crippen LogP contribution in [-0.2, 0) is 0 Å². The molecule has 11 heavy (non-hydrogen) atoms. The van der Waals surface area contributed by atoms with E-state index in [1.165, 1.54) is 11.3 Å². The number of hydrogen-bond acceptors (Lipinski definition) is 4. The number of H-pyrrole nitrogens is 1. The van der Waals surface area contributed by atoms with E-state index in [9.17, 15) is 0 Å². The Bertz CT molecular complexity index is 378. The number of anilines is 1. The highest BCUT2D eigenvalue weighted by atomic mass is 32.1. The molecule has 0 aliphatic rings. The molecule has 0 atom stereocenters. The molecule has 0 unspecified atom stereocenters. The fourth-order valence-corrected chi connectivity index (χ4v) is 1.84. The molecular weight excluding hydrogens is 162 g/mol. The Morgan fingerprint density at radius 3 is 3.27 bits per heavy atom. The average Bonchev–Trinajstić information content (AvgIpc) is 2.46. The lowest BCUT2D eigenvalue weighted by Gasteiger charge is -1.94. The first-order valence-corrected chi connectivity index (χ1v) is 3.90. The predicted molar refractivity (Wildman–Crippen MR) is 44.9 cm³/mol. The molecule has 0 spiro atoms. The van der Waals surface area contributed by atoms with E-state index in [0.717, 1.165) is 10.3 Å². The molecule has 5 heteroatoms. The molecule has 0 bridgehead atoms. The van der Waals surface area contributed by atoms with E-state index in [-0.39, 0.29) is 0 Å². The first-order chi connectivity index (χ1) is 5.33. The van der Waals surface area contributed by atoms with Crippen molar-refractivity contribution in [1.29, 1.82) is 0 Å². The zero-order valence-electron chi connectivity index (χ0n) is 5.92. The first-order valence-electron chi connectivity index (χ1n) is 3.08. The molecule has 0 saturated heterocycles. The molecule has 2 rings (SSSR count). The van der Waals surface area contributed by atoms with Crippen LogP contribution in [-0.4, -0.2) is 17.1 Å². The number of aromatic amines is 1. The topological polar surface area (TPSA) is 63.9 Å². The van der Waals surface area contributed by atoms with Gasteiger partial charge in [0, 0.05) is 0 Å². The molecule has 3 N–H and O–H groups in total. The van der Waals surface area contributed by atoms with E-state index in [1.807, 2.05) is 0 Å². The van der Waals surface area contributed by atoms with E-state index in [2.05, 4.69) is 9.97 Å². The summed E-state index contributed by atoms with van der Waals surface area (Å²) in [7, 11) is 1.60. The standard InChI is InChI=1S/C6H7N3OS/c1-10-4-3-6(9-2-8-3)11-5(4)7/h2H,7H2,1H3,(H,8,9). The van der Waals surface area contributed by atoms with E-state index in [1.54, 1.807) is 13.4 Å². The van der Waals surface area contributed by atoms with Crippen LogP contribution < -0.4 is 10.5 Å². The Hall–Kier alpha value is -1.23. The highest BCUT2D eigenvalue weighted by Crippen LogP contribution is 2.37. The van der Waals surface area contributed by atoms with Crippen LogP contribution in [0.2, 0.25) is 0 Å². The van der Waals surface area contributed by atoms with Gasteiger partial charge in [0.15, 0.2) is 5.75 Å². The van der Waals surface area contributed by atoms with Crippen LogP contribution in [0.15, 0.2) is 6.33 Å². The molecule has 2 aromatic heterocycles. The minimum atomic E-state index is 0.668. The normalized spacial score (nSPS) is 10.6. The molecule has 0 aliphatic heterocycles. The molecule has 0 aromatic carbocycles. The maximum absolute atomic E-state index is 5.64. The van der Waals surface area contributed by atoms with Crippen LogP contribution in [0.1, 0.15) is 0 Å². The Kier molecular flexibility index (Phi) is 1.25. The van der Waals surface area contributed by atoms with Gasteiger partial charge >= 0.3 is 0 Å². The number of fused-ring (bicyclic) bond motifs is 1. The average molecular weight is 169 g/mol. The number of methoxy groups -OCH3 is 1. The summed E-state index contributed by atoms with van der Waals surface area (Å²) in [5, 5.41) is 0.668. The van der Waals surface area contributed by atoms with Crippen molar-refractivity contribution in [3.8, 4) is 5.75 Å². The minimum absolute atomic E-state index is 0.668. The first kappa shape index (κ1) is 6.48. The van der Waals surface area contributed by atoms with Gasteiger partial charge in [-0.05, 0) is 0 Å². The number of hydrogen-bond donors (Lipinski definition) is 2. The van der Waals surface area contributed by atoms with Crippen LogP contribution in [0.5, 0.6) is 5.75 Å². The summed E-state index contributed by atoms with van der Waals surface area (Å²) in [4.78, 5) is 7.89. The lowest BCUT2D eigenvalue weighted by Crippen LogP contribution is -1.86. The summed E-state index contributed by atoms with van der Waals surface area (Å²) in [5.74, 6) is 0.697. The molecular formula is C6H7N3OS. The van der Waals surface area contributed by atoms with Crippen LogP contribution in [0, 0.1) is 0 Å². The molecule has 4 nitrogen and oxygen atoms in total. The molecule has 0 fully saturated rings. The van der Waals surface area contributed by atoms with Gasteiger partial charge in [-0.3, -0.25) is 0 Å². The third-order valence-corrected chi connectivity index (χ3v) is 2.37. The predicted octanol–water partition coefficient (Wildman–Crippen LogP) is 1.22. The van der Waals surface area contributed by atoms with Crippen molar-refractivity contribution in [2.24, 2.45) is 0 Å². The summed E-state index contributed by atoms with van der Waals surface area (Å²) < 4.78 is 5.07. The van der Waals surface area contributed by atoms with Gasteiger partial charge in [0.25, 0.3) is 0 Å². The molecule has 0 saturated carbocycles. The van der Waals surface area contributed by atoms with Crippen molar-refractivity contribution in [1.82, 2.24) is 9.97 Å². The van der Waals surface area contributed by atoms with Crippen molar-refractivity contribution in [2.45, 2.75) is 0 Å². The van der Waals surface area contributed by atoms with E-state index >= 15 is 0 Å². The summed E-state index contributed by atoms with van der Waals surface area (Å²) in [6.07, 6.45) is 1.63. The number of thiophene rings is 1.